The molecule has 7 heteroatoms. The molecule has 1 fully saturated rings. The topological polar surface area (TPSA) is 66.5 Å². The van der Waals surface area contributed by atoms with E-state index in [1.807, 2.05) is 18.2 Å². The molecule has 116 valence electrons. The number of hydrogen-bond donors (Lipinski definition) is 1. The zero-order valence-electron chi connectivity index (χ0n) is 11.8. The minimum atomic E-state index is -2.99. The standard InChI is InChI=1S/C14H18N2O3S.ClH/c1-10-9-20(18,19)5-4-16(10)14(17)11-2-3-12-7-15-8-13(12)6-11;/h2-3,6,10,15H,4-5,7-9H2,1H3;1H. The lowest BCUT2D eigenvalue weighted by molar-refractivity contribution is 0.0712. The van der Waals surface area contributed by atoms with Crippen LogP contribution < -0.4 is 5.32 Å². The SMILES string of the molecule is CC1CS(=O)(=O)CCN1C(=O)c1ccc2c(c1)CNC2.Cl. The fourth-order valence-corrected chi connectivity index (χ4v) is 4.45. The molecule has 2 heterocycles. The highest BCUT2D eigenvalue weighted by Gasteiger charge is 2.31. The second-order valence-electron chi connectivity index (χ2n) is 5.55. The summed E-state index contributed by atoms with van der Waals surface area (Å²) in [7, 11) is -2.99. The first kappa shape index (κ1) is 16.3. The third kappa shape index (κ3) is 3.22. The summed E-state index contributed by atoms with van der Waals surface area (Å²) < 4.78 is 23.1. The number of amides is 1. The second kappa shape index (κ2) is 5.94. The predicted octanol–water partition coefficient (Wildman–Crippen LogP) is 0.971. The number of nitrogens with zero attached hydrogens (tertiary/aromatic N) is 1. The Labute approximate surface area is 131 Å². The molecule has 1 aromatic carbocycles. The number of carbonyl (C=O) groups excluding carboxylic acids is 1. The fraction of sp³-hybridized carbons (Fsp3) is 0.500. The second-order valence-corrected chi connectivity index (χ2v) is 7.78. The molecule has 1 unspecified atom stereocenters. The van der Waals surface area contributed by atoms with E-state index in [1.165, 1.54) is 5.56 Å². The van der Waals surface area contributed by atoms with Gasteiger partial charge in [0.25, 0.3) is 5.91 Å². The van der Waals surface area contributed by atoms with Crippen LogP contribution in [0, 0.1) is 0 Å². The lowest BCUT2D eigenvalue weighted by Gasteiger charge is -2.33. The maximum absolute atomic E-state index is 12.5. The molecular weight excluding hydrogens is 312 g/mol. The summed E-state index contributed by atoms with van der Waals surface area (Å²) in [5, 5.41) is 3.25. The van der Waals surface area contributed by atoms with Crippen molar-refractivity contribution < 1.29 is 13.2 Å². The average molecular weight is 331 g/mol. The number of benzene rings is 1. The Bertz CT molecular complexity index is 660. The van der Waals surface area contributed by atoms with Gasteiger partial charge in [-0.15, -0.1) is 12.4 Å². The van der Waals surface area contributed by atoms with Crippen molar-refractivity contribution in [2.75, 3.05) is 18.1 Å². The number of nitrogens with one attached hydrogen (secondary N) is 1. The van der Waals surface area contributed by atoms with Gasteiger partial charge in [-0.2, -0.15) is 0 Å². The van der Waals surface area contributed by atoms with Crippen molar-refractivity contribution in [3.63, 3.8) is 0 Å². The molecule has 1 saturated heterocycles. The van der Waals surface area contributed by atoms with Crippen LogP contribution in [0.5, 0.6) is 0 Å². The van der Waals surface area contributed by atoms with Crippen LogP contribution in [0.2, 0.25) is 0 Å². The van der Waals surface area contributed by atoms with Crippen LogP contribution in [0.3, 0.4) is 0 Å². The molecule has 0 radical (unpaired) electrons. The molecular formula is C14H19ClN2O3S. The molecule has 1 atom stereocenters. The van der Waals surface area contributed by atoms with E-state index in [9.17, 15) is 13.2 Å². The minimum Gasteiger partial charge on any atom is -0.334 e. The van der Waals surface area contributed by atoms with Gasteiger partial charge in [-0.05, 0) is 30.2 Å². The van der Waals surface area contributed by atoms with E-state index >= 15 is 0 Å². The van der Waals surface area contributed by atoms with Crippen molar-refractivity contribution in [2.24, 2.45) is 0 Å². The Kier molecular flexibility index (Phi) is 4.60. The normalized spacial score (nSPS) is 23.3. The third-order valence-corrected chi connectivity index (χ3v) is 5.81. The molecule has 21 heavy (non-hydrogen) atoms. The first-order valence-electron chi connectivity index (χ1n) is 6.80. The molecule has 0 aliphatic carbocycles. The van der Waals surface area contributed by atoms with Crippen LogP contribution in [-0.4, -0.2) is 43.3 Å². The summed E-state index contributed by atoms with van der Waals surface area (Å²) in [6.07, 6.45) is 0. The van der Waals surface area contributed by atoms with Crippen molar-refractivity contribution in [1.29, 1.82) is 0 Å². The van der Waals surface area contributed by atoms with Crippen LogP contribution in [0.1, 0.15) is 28.4 Å². The van der Waals surface area contributed by atoms with Crippen LogP contribution in [0.15, 0.2) is 18.2 Å². The Morgan fingerprint density at radius 3 is 2.71 bits per heavy atom. The van der Waals surface area contributed by atoms with Crippen LogP contribution in [0.4, 0.5) is 0 Å². The van der Waals surface area contributed by atoms with Crippen molar-refractivity contribution >= 4 is 28.2 Å². The van der Waals surface area contributed by atoms with E-state index < -0.39 is 9.84 Å². The molecule has 2 aliphatic rings. The van der Waals surface area contributed by atoms with E-state index in [0.717, 1.165) is 18.7 Å². The summed E-state index contributed by atoms with van der Waals surface area (Å²) in [6, 6.07) is 5.48. The van der Waals surface area contributed by atoms with E-state index in [0.29, 0.717) is 5.56 Å². The number of hydrogen-bond acceptors (Lipinski definition) is 4. The predicted molar refractivity (Wildman–Crippen MR) is 83.4 cm³/mol. The lowest BCUT2D eigenvalue weighted by Crippen LogP contribution is -2.49. The van der Waals surface area contributed by atoms with Gasteiger partial charge in [0.05, 0.1) is 11.5 Å². The highest BCUT2D eigenvalue weighted by atomic mass is 35.5. The van der Waals surface area contributed by atoms with Crippen LogP contribution in [0.25, 0.3) is 0 Å². The number of carbonyl (C=O) groups is 1. The molecule has 3 rings (SSSR count). The summed E-state index contributed by atoms with van der Waals surface area (Å²) in [4.78, 5) is 14.2. The summed E-state index contributed by atoms with van der Waals surface area (Å²) in [5.41, 5.74) is 3.04. The molecule has 0 saturated carbocycles. The maximum atomic E-state index is 12.5. The van der Waals surface area contributed by atoms with Gasteiger partial charge in [0, 0.05) is 31.2 Å². The quantitative estimate of drug-likeness (QED) is 0.833. The van der Waals surface area contributed by atoms with Crippen LogP contribution in [-0.2, 0) is 22.9 Å². The lowest BCUT2D eigenvalue weighted by atomic mass is 10.1. The Hall–Kier alpha value is -1.11. The maximum Gasteiger partial charge on any atom is 0.254 e. The number of rotatable bonds is 1. The summed E-state index contributed by atoms with van der Waals surface area (Å²) in [5.74, 6) is 0.0583. The summed E-state index contributed by atoms with van der Waals surface area (Å²) >= 11 is 0. The number of sulfone groups is 1. The highest BCUT2D eigenvalue weighted by Crippen LogP contribution is 2.20. The summed E-state index contributed by atoms with van der Waals surface area (Å²) in [6.45, 7) is 3.73. The van der Waals surface area contributed by atoms with Gasteiger partial charge in [-0.3, -0.25) is 4.79 Å². The zero-order valence-corrected chi connectivity index (χ0v) is 13.5. The van der Waals surface area contributed by atoms with Gasteiger partial charge in [-0.1, -0.05) is 6.07 Å². The van der Waals surface area contributed by atoms with Crippen molar-refractivity contribution in [3.8, 4) is 0 Å². The first-order chi connectivity index (χ1) is 9.46. The van der Waals surface area contributed by atoms with Gasteiger partial charge >= 0.3 is 0 Å². The smallest absolute Gasteiger partial charge is 0.254 e. The van der Waals surface area contributed by atoms with Gasteiger partial charge in [0.2, 0.25) is 0 Å². The number of halogens is 1. The van der Waals surface area contributed by atoms with Crippen molar-refractivity contribution in [3.05, 3.63) is 34.9 Å². The molecule has 0 aromatic heterocycles. The van der Waals surface area contributed by atoms with E-state index in [4.69, 9.17) is 0 Å². The van der Waals surface area contributed by atoms with Gasteiger partial charge in [0.1, 0.15) is 0 Å². The highest BCUT2D eigenvalue weighted by molar-refractivity contribution is 7.91. The van der Waals surface area contributed by atoms with E-state index in [2.05, 4.69) is 5.32 Å². The third-order valence-electron chi connectivity index (χ3n) is 4.02. The molecule has 5 nitrogen and oxygen atoms in total. The first-order valence-corrected chi connectivity index (χ1v) is 8.62. The Morgan fingerprint density at radius 1 is 1.29 bits per heavy atom. The largest absolute Gasteiger partial charge is 0.334 e. The van der Waals surface area contributed by atoms with E-state index in [-0.39, 0.29) is 42.4 Å². The zero-order chi connectivity index (χ0) is 14.3. The molecule has 2 aliphatic heterocycles. The van der Waals surface area contributed by atoms with Gasteiger partial charge in [-0.25, -0.2) is 8.42 Å². The monoisotopic (exact) mass is 330 g/mol. The van der Waals surface area contributed by atoms with Crippen molar-refractivity contribution in [1.82, 2.24) is 10.2 Å². The molecule has 0 bridgehead atoms. The van der Waals surface area contributed by atoms with Crippen molar-refractivity contribution in [2.45, 2.75) is 26.1 Å². The van der Waals surface area contributed by atoms with Gasteiger partial charge in [0.15, 0.2) is 9.84 Å². The molecule has 1 N–H and O–H groups in total. The van der Waals surface area contributed by atoms with Gasteiger partial charge < -0.3 is 10.2 Å². The Balaban J connectivity index is 0.00000161. The molecule has 1 aromatic rings. The number of fused-ring (bicyclic) bond motifs is 1. The molecule has 1 amide bonds. The minimum absolute atomic E-state index is 0. The van der Waals surface area contributed by atoms with E-state index in [1.54, 1.807) is 11.8 Å². The Morgan fingerprint density at radius 2 is 2.00 bits per heavy atom. The fourth-order valence-electron chi connectivity index (χ4n) is 2.89. The average Bonchev–Trinajstić information content (AvgIpc) is 2.84. The molecule has 0 spiro atoms. The van der Waals surface area contributed by atoms with Crippen LogP contribution >= 0.6 is 12.4 Å².